The number of hydrogen-bond donors (Lipinski definition) is 0. The van der Waals surface area contributed by atoms with Gasteiger partial charge in [0.1, 0.15) is 0 Å². The maximum absolute atomic E-state index is 3.33. The molecule has 1 aliphatic carbocycles. The van der Waals surface area contributed by atoms with E-state index >= 15 is 0 Å². The minimum Gasteiger partial charge on any atom is -0.308 e. The molecule has 0 N–H and O–H groups in total. The first-order chi connectivity index (χ1) is 6.79. The van der Waals surface area contributed by atoms with Crippen molar-refractivity contribution in [3.8, 4) is 11.8 Å². The van der Waals surface area contributed by atoms with Crippen molar-refractivity contribution in [1.29, 1.82) is 0 Å². The Morgan fingerprint density at radius 1 is 1.07 bits per heavy atom. The Morgan fingerprint density at radius 3 is 2.43 bits per heavy atom. The van der Waals surface area contributed by atoms with E-state index in [2.05, 4.69) is 30.8 Å². The lowest BCUT2D eigenvalue weighted by Crippen LogP contribution is -2.12. The van der Waals surface area contributed by atoms with Crippen molar-refractivity contribution in [1.82, 2.24) is 4.90 Å². The SMILES string of the molecule is CN(C)CCC#CCC1CCCCC1. The van der Waals surface area contributed by atoms with Gasteiger partial charge in [0.15, 0.2) is 0 Å². The molecule has 0 aromatic heterocycles. The molecule has 1 rings (SSSR count). The van der Waals surface area contributed by atoms with Gasteiger partial charge in [-0.05, 0) is 32.9 Å². The zero-order valence-electron chi connectivity index (χ0n) is 9.68. The van der Waals surface area contributed by atoms with Gasteiger partial charge in [-0.15, -0.1) is 11.8 Å². The normalized spacial score (nSPS) is 17.9. The molecule has 1 aliphatic rings. The topological polar surface area (TPSA) is 3.24 Å². The van der Waals surface area contributed by atoms with Gasteiger partial charge in [0, 0.05) is 19.4 Å². The minimum atomic E-state index is 0.913. The molecule has 80 valence electrons. The molecule has 0 aromatic rings. The van der Waals surface area contributed by atoms with E-state index in [1.54, 1.807) is 0 Å². The predicted molar refractivity (Wildman–Crippen MR) is 62.1 cm³/mol. The van der Waals surface area contributed by atoms with E-state index in [-0.39, 0.29) is 0 Å². The molecule has 0 unspecified atom stereocenters. The van der Waals surface area contributed by atoms with Crippen molar-refractivity contribution in [2.24, 2.45) is 5.92 Å². The van der Waals surface area contributed by atoms with Crippen LogP contribution in [0.2, 0.25) is 0 Å². The maximum Gasteiger partial charge on any atom is 0.0216 e. The zero-order valence-corrected chi connectivity index (χ0v) is 9.68. The largest absolute Gasteiger partial charge is 0.308 e. The van der Waals surface area contributed by atoms with E-state index in [1.165, 1.54) is 32.1 Å². The van der Waals surface area contributed by atoms with Crippen LogP contribution in [-0.4, -0.2) is 25.5 Å². The molecule has 0 aliphatic heterocycles. The second-order valence-electron chi connectivity index (χ2n) is 4.61. The Labute approximate surface area is 88.9 Å². The molecule has 0 saturated heterocycles. The zero-order chi connectivity index (χ0) is 10.2. The summed E-state index contributed by atoms with van der Waals surface area (Å²) < 4.78 is 0. The standard InChI is InChI=1S/C13H23N/c1-14(2)12-8-4-7-11-13-9-5-3-6-10-13/h13H,3,5-6,8-12H2,1-2H3. The number of hydrogen-bond acceptors (Lipinski definition) is 1. The third-order valence-corrected chi connectivity index (χ3v) is 2.92. The highest BCUT2D eigenvalue weighted by atomic mass is 15.0. The second-order valence-corrected chi connectivity index (χ2v) is 4.61. The van der Waals surface area contributed by atoms with Gasteiger partial charge < -0.3 is 4.90 Å². The second kappa shape index (κ2) is 6.90. The van der Waals surface area contributed by atoms with Gasteiger partial charge in [0.2, 0.25) is 0 Å². The fourth-order valence-electron chi connectivity index (χ4n) is 1.98. The Balaban J connectivity index is 2.05. The van der Waals surface area contributed by atoms with Crippen LogP contribution >= 0.6 is 0 Å². The van der Waals surface area contributed by atoms with E-state index in [4.69, 9.17) is 0 Å². The van der Waals surface area contributed by atoms with Crippen molar-refractivity contribution in [3.05, 3.63) is 0 Å². The van der Waals surface area contributed by atoms with Crippen LogP contribution < -0.4 is 0 Å². The fraction of sp³-hybridized carbons (Fsp3) is 0.846. The van der Waals surface area contributed by atoms with Crippen molar-refractivity contribution < 1.29 is 0 Å². The lowest BCUT2D eigenvalue weighted by molar-refractivity contribution is 0.365. The van der Waals surface area contributed by atoms with Gasteiger partial charge in [0.25, 0.3) is 0 Å². The average Bonchev–Trinajstić information content (AvgIpc) is 2.18. The summed E-state index contributed by atoms with van der Waals surface area (Å²) in [6.45, 7) is 1.09. The summed E-state index contributed by atoms with van der Waals surface area (Å²) >= 11 is 0. The Bertz CT molecular complexity index is 191. The molecule has 0 atom stereocenters. The van der Waals surface area contributed by atoms with Gasteiger partial charge in [-0.2, -0.15) is 0 Å². The van der Waals surface area contributed by atoms with Gasteiger partial charge in [-0.25, -0.2) is 0 Å². The van der Waals surface area contributed by atoms with Crippen molar-refractivity contribution >= 4 is 0 Å². The Kier molecular flexibility index (Phi) is 5.71. The molecular formula is C13H23N. The first-order valence-electron chi connectivity index (χ1n) is 5.89. The first-order valence-corrected chi connectivity index (χ1v) is 5.89. The van der Waals surface area contributed by atoms with E-state index in [9.17, 15) is 0 Å². The summed E-state index contributed by atoms with van der Waals surface area (Å²) in [7, 11) is 4.20. The maximum atomic E-state index is 3.33. The lowest BCUT2D eigenvalue weighted by atomic mass is 9.87. The quantitative estimate of drug-likeness (QED) is 0.623. The van der Waals surface area contributed by atoms with Crippen LogP contribution in [0.3, 0.4) is 0 Å². The number of nitrogens with zero attached hydrogens (tertiary/aromatic N) is 1. The van der Waals surface area contributed by atoms with Gasteiger partial charge >= 0.3 is 0 Å². The molecule has 0 aromatic carbocycles. The van der Waals surface area contributed by atoms with Crippen LogP contribution in [0, 0.1) is 17.8 Å². The molecule has 1 nitrogen and oxygen atoms in total. The molecule has 1 saturated carbocycles. The molecule has 14 heavy (non-hydrogen) atoms. The summed E-state index contributed by atoms with van der Waals surface area (Å²) in [5.74, 6) is 7.52. The summed E-state index contributed by atoms with van der Waals surface area (Å²) in [6.07, 6.45) is 9.33. The highest BCUT2D eigenvalue weighted by molar-refractivity contribution is 5.00. The first kappa shape index (κ1) is 11.6. The number of rotatable bonds is 3. The van der Waals surface area contributed by atoms with Gasteiger partial charge in [-0.3, -0.25) is 0 Å². The van der Waals surface area contributed by atoms with Crippen molar-refractivity contribution in [2.45, 2.75) is 44.9 Å². The molecule has 0 spiro atoms. The van der Waals surface area contributed by atoms with Gasteiger partial charge in [-0.1, -0.05) is 19.3 Å². The van der Waals surface area contributed by atoms with Crippen LogP contribution in [0.1, 0.15) is 44.9 Å². The third kappa shape index (κ3) is 5.29. The third-order valence-electron chi connectivity index (χ3n) is 2.92. The van der Waals surface area contributed by atoms with E-state index in [1.807, 2.05) is 0 Å². The Hall–Kier alpha value is -0.480. The monoisotopic (exact) mass is 193 g/mol. The predicted octanol–water partition coefficient (Wildman–Crippen LogP) is 2.91. The van der Waals surface area contributed by atoms with Crippen LogP contribution in [-0.2, 0) is 0 Å². The van der Waals surface area contributed by atoms with E-state index in [0.717, 1.165) is 25.3 Å². The molecule has 1 fully saturated rings. The average molecular weight is 193 g/mol. The van der Waals surface area contributed by atoms with Crippen LogP contribution in [0.25, 0.3) is 0 Å². The molecule has 0 heterocycles. The smallest absolute Gasteiger partial charge is 0.0216 e. The van der Waals surface area contributed by atoms with Gasteiger partial charge in [0.05, 0.1) is 0 Å². The van der Waals surface area contributed by atoms with Crippen LogP contribution in [0.5, 0.6) is 0 Å². The Morgan fingerprint density at radius 2 is 1.79 bits per heavy atom. The molecule has 0 bridgehead atoms. The summed E-state index contributed by atoms with van der Waals surface area (Å²) in [6, 6.07) is 0. The van der Waals surface area contributed by atoms with Crippen molar-refractivity contribution in [3.63, 3.8) is 0 Å². The molecule has 1 heteroatoms. The van der Waals surface area contributed by atoms with Crippen molar-refractivity contribution in [2.75, 3.05) is 20.6 Å². The summed E-state index contributed by atoms with van der Waals surface area (Å²) in [5, 5.41) is 0. The fourth-order valence-corrected chi connectivity index (χ4v) is 1.98. The lowest BCUT2D eigenvalue weighted by Gasteiger charge is -2.18. The molecule has 0 radical (unpaired) electrons. The molecule has 0 amide bonds. The van der Waals surface area contributed by atoms with E-state index in [0.29, 0.717) is 0 Å². The minimum absolute atomic E-state index is 0.913. The summed E-state index contributed by atoms with van der Waals surface area (Å²) in [5.41, 5.74) is 0. The summed E-state index contributed by atoms with van der Waals surface area (Å²) in [4.78, 5) is 2.19. The molecular weight excluding hydrogens is 170 g/mol. The highest BCUT2D eigenvalue weighted by Crippen LogP contribution is 2.25. The van der Waals surface area contributed by atoms with Crippen LogP contribution in [0.15, 0.2) is 0 Å². The van der Waals surface area contributed by atoms with E-state index < -0.39 is 0 Å². The van der Waals surface area contributed by atoms with Crippen LogP contribution in [0.4, 0.5) is 0 Å². The highest BCUT2D eigenvalue weighted by Gasteiger charge is 2.11.